The van der Waals surface area contributed by atoms with Crippen LogP contribution in [0.2, 0.25) is 0 Å². The van der Waals surface area contributed by atoms with E-state index in [-0.39, 0.29) is 23.4 Å². The monoisotopic (exact) mass is 428 g/mol. The summed E-state index contributed by atoms with van der Waals surface area (Å²) in [5.41, 5.74) is 2.02. The summed E-state index contributed by atoms with van der Waals surface area (Å²) in [6, 6.07) is 3.35. The lowest BCUT2D eigenvalue weighted by Crippen LogP contribution is -2.59. The molecule has 1 aromatic carbocycles. The number of hydrogen-bond donors (Lipinski definition) is 0. The second kappa shape index (κ2) is 8.29. The second-order valence-electron chi connectivity index (χ2n) is 9.43. The maximum Gasteiger partial charge on any atom is 0.392 e. The van der Waals surface area contributed by atoms with Gasteiger partial charge in [-0.1, -0.05) is 20.8 Å². The van der Waals surface area contributed by atoms with E-state index in [0.29, 0.717) is 31.0 Å². The number of benzene rings is 1. The van der Waals surface area contributed by atoms with Crippen LogP contribution in [0.4, 0.5) is 13.2 Å². The first kappa shape index (κ1) is 22.7. The van der Waals surface area contributed by atoms with Gasteiger partial charge in [0.25, 0.3) is 0 Å². The van der Waals surface area contributed by atoms with Crippen molar-refractivity contribution in [3.63, 3.8) is 0 Å². The molecule has 2 aliphatic heterocycles. The molecule has 3 rings (SSSR count). The van der Waals surface area contributed by atoms with Crippen molar-refractivity contribution < 1.29 is 27.4 Å². The van der Waals surface area contributed by atoms with E-state index >= 15 is 0 Å². The fourth-order valence-corrected chi connectivity index (χ4v) is 4.32. The number of alkyl halides is 3. The van der Waals surface area contributed by atoms with E-state index in [1.54, 1.807) is 6.07 Å². The minimum atomic E-state index is -4.27. The van der Waals surface area contributed by atoms with Crippen LogP contribution < -0.4 is 9.47 Å². The Morgan fingerprint density at radius 2 is 1.87 bits per heavy atom. The van der Waals surface area contributed by atoms with Crippen LogP contribution in [0, 0.1) is 5.41 Å². The van der Waals surface area contributed by atoms with Crippen molar-refractivity contribution in [2.24, 2.45) is 5.41 Å². The molecule has 0 bridgehead atoms. The Kier molecular flexibility index (Phi) is 6.28. The van der Waals surface area contributed by atoms with Crippen molar-refractivity contribution >= 4 is 5.91 Å². The third-order valence-corrected chi connectivity index (χ3v) is 5.79. The van der Waals surface area contributed by atoms with Gasteiger partial charge >= 0.3 is 6.18 Å². The van der Waals surface area contributed by atoms with Crippen LogP contribution in [0.5, 0.6) is 11.5 Å². The van der Waals surface area contributed by atoms with Crippen LogP contribution in [-0.2, 0) is 11.2 Å². The third-order valence-electron chi connectivity index (χ3n) is 5.79. The van der Waals surface area contributed by atoms with Crippen LogP contribution in [0.25, 0.3) is 0 Å². The summed E-state index contributed by atoms with van der Waals surface area (Å²) < 4.78 is 48.1. The minimum Gasteiger partial charge on any atom is -0.493 e. The van der Waals surface area contributed by atoms with Gasteiger partial charge in [-0.3, -0.25) is 9.69 Å². The Morgan fingerprint density at radius 3 is 2.47 bits per heavy atom. The predicted molar refractivity (Wildman–Crippen MR) is 108 cm³/mol. The molecule has 2 atom stereocenters. The fourth-order valence-electron chi connectivity index (χ4n) is 4.32. The SMILES string of the molecule is COc1cc2c(cc1OCCC(F)(F)F)CCN1C(=O)[C@@H](CC(C)(C)C)N(C)C[C@H]21. The lowest BCUT2D eigenvalue weighted by molar-refractivity contribution is -0.147. The first-order chi connectivity index (χ1) is 13.9. The quantitative estimate of drug-likeness (QED) is 0.705. The number of nitrogens with zero attached hydrogens (tertiary/aromatic N) is 2. The maximum absolute atomic E-state index is 13.2. The number of carbonyl (C=O) groups is 1. The van der Waals surface area contributed by atoms with E-state index in [1.807, 2.05) is 18.0 Å². The van der Waals surface area contributed by atoms with Gasteiger partial charge in [-0.2, -0.15) is 13.2 Å². The van der Waals surface area contributed by atoms with Crippen molar-refractivity contribution in [2.75, 3.05) is 33.9 Å². The Morgan fingerprint density at radius 1 is 1.17 bits per heavy atom. The first-order valence-electron chi connectivity index (χ1n) is 10.3. The molecular formula is C22H31F3N2O3. The summed E-state index contributed by atoms with van der Waals surface area (Å²) >= 11 is 0. The molecule has 2 aliphatic rings. The van der Waals surface area contributed by atoms with E-state index in [9.17, 15) is 18.0 Å². The molecule has 0 radical (unpaired) electrons. The number of likely N-dealkylation sites (N-methyl/N-ethyl adjacent to an activating group) is 1. The van der Waals surface area contributed by atoms with Crippen LogP contribution >= 0.6 is 0 Å². The summed E-state index contributed by atoms with van der Waals surface area (Å²) in [7, 11) is 3.45. The molecule has 0 aliphatic carbocycles. The fraction of sp³-hybridized carbons (Fsp3) is 0.682. The Hall–Kier alpha value is -1.96. The lowest BCUT2D eigenvalue weighted by Gasteiger charge is -2.48. The van der Waals surface area contributed by atoms with Gasteiger partial charge in [0.1, 0.15) is 0 Å². The summed E-state index contributed by atoms with van der Waals surface area (Å²) in [5, 5.41) is 0. The van der Waals surface area contributed by atoms with Gasteiger partial charge < -0.3 is 14.4 Å². The summed E-state index contributed by atoms with van der Waals surface area (Å²) in [6.07, 6.45) is -3.85. The number of hydrogen-bond acceptors (Lipinski definition) is 4. The lowest BCUT2D eigenvalue weighted by atomic mass is 9.83. The number of methoxy groups -OCH3 is 1. The Balaban J connectivity index is 1.83. The summed E-state index contributed by atoms with van der Waals surface area (Å²) in [6.45, 7) is 7.25. The largest absolute Gasteiger partial charge is 0.493 e. The molecular weight excluding hydrogens is 397 g/mol. The van der Waals surface area contributed by atoms with Crippen LogP contribution in [-0.4, -0.2) is 61.8 Å². The molecule has 0 unspecified atom stereocenters. The smallest absolute Gasteiger partial charge is 0.392 e. The van der Waals surface area contributed by atoms with Gasteiger partial charge in [-0.05, 0) is 48.6 Å². The molecule has 1 amide bonds. The maximum atomic E-state index is 13.2. The molecule has 0 N–H and O–H groups in total. The van der Waals surface area contributed by atoms with Crippen molar-refractivity contribution in [3.8, 4) is 11.5 Å². The van der Waals surface area contributed by atoms with Crippen molar-refractivity contribution in [3.05, 3.63) is 23.3 Å². The van der Waals surface area contributed by atoms with Crippen molar-refractivity contribution in [1.29, 1.82) is 0 Å². The number of rotatable bonds is 5. The van der Waals surface area contributed by atoms with Gasteiger partial charge in [0, 0.05) is 13.1 Å². The van der Waals surface area contributed by atoms with E-state index in [2.05, 4.69) is 25.7 Å². The summed E-state index contributed by atoms with van der Waals surface area (Å²) in [4.78, 5) is 17.3. The third kappa shape index (κ3) is 5.02. The first-order valence-corrected chi connectivity index (χ1v) is 10.3. The number of amides is 1. The van der Waals surface area contributed by atoms with Gasteiger partial charge in [0.05, 0.1) is 32.2 Å². The Bertz CT molecular complexity index is 789. The molecule has 168 valence electrons. The summed E-state index contributed by atoms with van der Waals surface area (Å²) in [5.74, 6) is 0.846. The molecule has 5 nitrogen and oxygen atoms in total. The topological polar surface area (TPSA) is 42.0 Å². The molecule has 8 heteroatoms. The molecule has 0 aromatic heterocycles. The van der Waals surface area contributed by atoms with Gasteiger partial charge in [-0.15, -0.1) is 0 Å². The molecule has 0 spiro atoms. The van der Waals surface area contributed by atoms with E-state index in [0.717, 1.165) is 17.5 Å². The highest BCUT2D eigenvalue weighted by Gasteiger charge is 2.43. The van der Waals surface area contributed by atoms with Crippen LogP contribution in [0.15, 0.2) is 12.1 Å². The second-order valence-corrected chi connectivity index (χ2v) is 9.43. The zero-order valence-electron chi connectivity index (χ0n) is 18.3. The normalized spacial score (nSPS) is 22.5. The van der Waals surface area contributed by atoms with Crippen molar-refractivity contribution in [1.82, 2.24) is 9.80 Å². The highest BCUT2D eigenvalue weighted by molar-refractivity contribution is 5.83. The number of piperazine rings is 1. The van der Waals surface area contributed by atoms with Crippen molar-refractivity contribution in [2.45, 2.75) is 58.3 Å². The van der Waals surface area contributed by atoms with Gasteiger partial charge in [-0.25, -0.2) is 0 Å². The molecule has 2 heterocycles. The predicted octanol–water partition coefficient (Wildman–Crippen LogP) is 4.20. The Labute approximate surface area is 176 Å². The average Bonchev–Trinajstić information content (AvgIpc) is 2.62. The van der Waals surface area contributed by atoms with E-state index in [4.69, 9.17) is 9.47 Å². The molecule has 0 saturated carbocycles. The van der Waals surface area contributed by atoms with Crippen LogP contribution in [0.1, 0.15) is 50.8 Å². The zero-order valence-corrected chi connectivity index (χ0v) is 18.3. The minimum absolute atomic E-state index is 0.0427. The number of carbonyl (C=O) groups excluding carboxylic acids is 1. The van der Waals surface area contributed by atoms with E-state index in [1.165, 1.54) is 7.11 Å². The average molecular weight is 428 g/mol. The molecule has 1 aromatic rings. The molecule has 30 heavy (non-hydrogen) atoms. The number of ether oxygens (including phenoxy) is 2. The van der Waals surface area contributed by atoms with Crippen LogP contribution in [0.3, 0.4) is 0 Å². The zero-order chi connectivity index (χ0) is 22.3. The highest BCUT2D eigenvalue weighted by Crippen LogP contribution is 2.41. The van der Waals surface area contributed by atoms with Gasteiger partial charge in [0.2, 0.25) is 5.91 Å². The highest BCUT2D eigenvalue weighted by atomic mass is 19.4. The molecule has 1 saturated heterocycles. The number of halogens is 3. The van der Waals surface area contributed by atoms with Gasteiger partial charge in [0.15, 0.2) is 11.5 Å². The number of fused-ring (bicyclic) bond motifs is 3. The standard InChI is InChI=1S/C22H31F3N2O3/c1-21(2,3)12-16-20(28)27-8-6-14-10-19(30-9-7-22(23,24)25)18(29-5)11-15(14)17(27)13-26(16)4/h10-11,16-17H,6-9,12-13H2,1-5H3/t16-,17-/m1/s1. The molecule has 1 fully saturated rings. The van der Waals surface area contributed by atoms with E-state index < -0.39 is 19.2 Å².